The van der Waals surface area contributed by atoms with Gasteiger partial charge in [0.05, 0.1) is 12.7 Å². The van der Waals surface area contributed by atoms with Crippen molar-refractivity contribution >= 4 is 33.1 Å². The van der Waals surface area contributed by atoms with Crippen LogP contribution in [0, 0.1) is 0 Å². The number of rotatable bonds is 4. The van der Waals surface area contributed by atoms with E-state index in [4.69, 9.17) is 9.84 Å². The number of nitrogens with one attached hydrogen (secondary N) is 1. The lowest BCUT2D eigenvalue weighted by Crippen LogP contribution is -2.24. The highest BCUT2D eigenvalue weighted by Crippen LogP contribution is 2.35. The number of hydrogen-bond acceptors (Lipinski definition) is 7. The Balaban J connectivity index is 1.51. The number of fused-ring (bicyclic) bond motifs is 1. The Labute approximate surface area is 153 Å². The van der Waals surface area contributed by atoms with Crippen molar-refractivity contribution in [1.82, 2.24) is 10.2 Å². The molecule has 7 nitrogen and oxygen atoms in total. The van der Waals surface area contributed by atoms with Crippen molar-refractivity contribution in [3.05, 3.63) is 53.0 Å². The highest BCUT2D eigenvalue weighted by atomic mass is 32.1. The van der Waals surface area contributed by atoms with Crippen LogP contribution < -0.4 is 5.32 Å². The lowest BCUT2D eigenvalue weighted by molar-refractivity contribution is -0.0227. The molecular formula is C18H17N3O4S. The van der Waals surface area contributed by atoms with Gasteiger partial charge in [0.15, 0.2) is 0 Å². The lowest BCUT2D eigenvalue weighted by atomic mass is 10.0. The summed E-state index contributed by atoms with van der Waals surface area (Å²) in [6.07, 6.45) is -1.43. The summed E-state index contributed by atoms with van der Waals surface area (Å²) in [7, 11) is 0. The summed E-state index contributed by atoms with van der Waals surface area (Å²) in [5, 5.41) is 32.6. The van der Waals surface area contributed by atoms with Crippen LogP contribution in [-0.4, -0.2) is 45.1 Å². The highest BCUT2D eigenvalue weighted by molar-refractivity contribution is 7.15. The van der Waals surface area contributed by atoms with Gasteiger partial charge in [0, 0.05) is 12.0 Å². The van der Waals surface area contributed by atoms with Gasteiger partial charge in [-0.15, -0.1) is 10.2 Å². The third-order valence-corrected chi connectivity index (χ3v) is 5.31. The van der Waals surface area contributed by atoms with Gasteiger partial charge >= 0.3 is 0 Å². The predicted octanol–water partition coefficient (Wildman–Crippen LogP) is 2.13. The number of aliphatic hydroxyl groups excluding tert-OH is 2. The van der Waals surface area contributed by atoms with E-state index in [0.29, 0.717) is 22.1 Å². The SMILES string of the molecule is O=C(Nc1nnc([C@@H]2C[C@H](O)[C@@H](CO)O2)s1)c1cccc2ccccc12. The summed E-state index contributed by atoms with van der Waals surface area (Å²) in [4.78, 5) is 12.6. The summed E-state index contributed by atoms with van der Waals surface area (Å²) in [6.45, 7) is -0.249. The number of hydrogen-bond donors (Lipinski definition) is 3. The first-order chi connectivity index (χ1) is 12.7. The number of anilines is 1. The number of amides is 1. The topological polar surface area (TPSA) is 105 Å². The van der Waals surface area contributed by atoms with Gasteiger partial charge in [-0.05, 0) is 16.8 Å². The van der Waals surface area contributed by atoms with Crippen LogP contribution in [-0.2, 0) is 4.74 Å². The molecule has 134 valence electrons. The number of ether oxygens (including phenoxy) is 1. The first kappa shape index (κ1) is 17.0. The molecule has 1 fully saturated rings. The monoisotopic (exact) mass is 371 g/mol. The summed E-state index contributed by atoms with van der Waals surface area (Å²) in [6, 6.07) is 13.2. The van der Waals surface area contributed by atoms with Crippen LogP contribution in [0.4, 0.5) is 5.13 Å². The molecule has 3 N–H and O–H groups in total. The molecule has 3 atom stereocenters. The number of carbonyl (C=O) groups is 1. The van der Waals surface area contributed by atoms with E-state index >= 15 is 0 Å². The fraction of sp³-hybridized carbons (Fsp3) is 0.278. The van der Waals surface area contributed by atoms with Gasteiger partial charge in [-0.25, -0.2) is 0 Å². The third kappa shape index (κ3) is 3.19. The van der Waals surface area contributed by atoms with Gasteiger partial charge in [-0.1, -0.05) is 47.7 Å². The Kier molecular flexibility index (Phi) is 4.64. The smallest absolute Gasteiger partial charge is 0.258 e. The van der Waals surface area contributed by atoms with Crippen molar-refractivity contribution in [3.8, 4) is 0 Å². The molecule has 1 saturated heterocycles. The largest absolute Gasteiger partial charge is 0.394 e. The van der Waals surface area contributed by atoms with Gasteiger partial charge in [0.2, 0.25) is 5.13 Å². The Bertz CT molecular complexity index is 940. The van der Waals surface area contributed by atoms with Crippen molar-refractivity contribution in [3.63, 3.8) is 0 Å². The fourth-order valence-electron chi connectivity index (χ4n) is 3.06. The number of benzene rings is 2. The van der Waals surface area contributed by atoms with Crippen LogP contribution in [0.2, 0.25) is 0 Å². The maximum atomic E-state index is 12.6. The van der Waals surface area contributed by atoms with Crippen LogP contribution in [0.3, 0.4) is 0 Å². The molecule has 2 aromatic carbocycles. The lowest BCUT2D eigenvalue weighted by Gasteiger charge is -2.09. The van der Waals surface area contributed by atoms with Crippen LogP contribution in [0.25, 0.3) is 10.8 Å². The maximum absolute atomic E-state index is 12.6. The molecule has 0 unspecified atom stereocenters. The van der Waals surface area contributed by atoms with Gasteiger partial charge in [0.25, 0.3) is 5.91 Å². The normalized spacial score (nSPS) is 22.6. The van der Waals surface area contributed by atoms with E-state index < -0.39 is 18.3 Å². The average Bonchev–Trinajstić information content (AvgIpc) is 3.27. The Morgan fingerprint density at radius 2 is 2.04 bits per heavy atom. The van der Waals surface area contributed by atoms with Crippen molar-refractivity contribution in [1.29, 1.82) is 0 Å². The second kappa shape index (κ2) is 7.08. The first-order valence-electron chi connectivity index (χ1n) is 8.22. The van der Waals surface area contributed by atoms with Crippen LogP contribution in [0.15, 0.2) is 42.5 Å². The molecular weight excluding hydrogens is 354 g/mol. The molecule has 8 heteroatoms. The first-order valence-corrected chi connectivity index (χ1v) is 9.04. The van der Waals surface area contributed by atoms with Crippen molar-refractivity contribution in [2.75, 3.05) is 11.9 Å². The molecule has 4 rings (SSSR count). The minimum absolute atomic E-state index is 0.249. The second-order valence-electron chi connectivity index (χ2n) is 6.08. The van der Waals surface area contributed by atoms with E-state index in [1.807, 2.05) is 36.4 Å². The minimum Gasteiger partial charge on any atom is -0.394 e. The van der Waals surface area contributed by atoms with Crippen molar-refractivity contribution in [2.24, 2.45) is 0 Å². The van der Waals surface area contributed by atoms with Gasteiger partial charge in [0.1, 0.15) is 17.2 Å². The zero-order valence-corrected chi connectivity index (χ0v) is 14.5. The van der Waals surface area contributed by atoms with Crippen LogP contribution in [0.1, 0.15) is 27.9 Å². The zero-order valence-electron chi connectivity index (χ0n) is 13.7. The number of aromatic nitrogens is 2. The Morgan fingerprint density at radius 1 is 1.23 bits per heavy atom. The quantitative estimate of drug-likeness (QED) is 0.649. The second-order valence-corrected chi connectivity index (χ2v) is 7.08. The number of aliphatic hydroxyl groups is 2. The summed E-state index contributed by atoms with van der Waals surface area (Å²) in [5.41, 5.74) is 0.563. The van der Waals surface area contributed by atoms with Gasteiger partial charge in [-0.2, -0.15) is 0 Å². The average molecular weight is 371 g/mol. The molecule has 2 heterocycles. The van der Waals surface area contributed by atoms with E-state index in [1.54, 1.807) is 6.07 Å². The van der Waals surface area contributed by atoms with E-state index in [0.717, 1.165) is 10.8 Å². The molecule has 1 amide bonds. The standard InChI is InChI=1S/C18H17N3O4S/c22-9-15-13(23)8-14(25-15)17-20-21-18(26-17)19-16(24)12-7-3-5-10-4-1-2-6-11(10)12/h1-7,13-15,22-23H,8-9H2,(H,19,21,24)/t13-,14-,15+/m0/s1. The summed E-state index contributed by atoms with van der Waals surface area (Å²) in [5.74, 6) is -0.259. The van der Waals surface area contributed by atoms with E-state index in [2.05, 4.69) is 15.5 Å². The Hall–Kier alpha value is -2.39. The van der Waals surface area contributed by atoms with E-state index in [-0.39, 0.29) is 12.5 Å². The molecule has 1 aromatic heterocycles. The number of carbonyl (C=O) groups excluding carboxylic acids is 1. The zero-order chi connectivity index (χ0) is 18.1. The molecule has 0 bridgehead atoms. The fourth-order valence-corrected chi connectivity index (χ4v) is 3.84. The molecule has 1 aliphatic rings. The van der Waals surface area contributed by atoms with Crippen LogP contribution in [0.5, 0.6) is 0 Å². The third-order valence-electron chi connectivity index (χ3n) is 4.37. The van der Waals surface area contributed by atoms with Gasteiger partial charge in [-0.3, -0.25) is 10.1 Å². The van der Waals surface area contributed by atoms with Crippen molar-refractivity contribution < 1.29 is 19.7 Å². The molecule has 26 heavy (non-hydrogen) atoms. The summed E-state index contributed by atoms with van der Waals surface area (Å²) >= 11 is 1.20. The van der Waals surface area contributed by atoms with Crippen molar-refractivity contribution in [2.45, 2.75) is 24.7 Å². The molecule has 1 aliphatic heterocycles. The van der Waals surface area contributed by atoms with Gasteiger partial charge < -0.3 is 14.9 Å². The van der Waals surface area contributed by atoms with E-state index in [1.165, 1.54) is 11.3 Å². The van der Waals surface area contributed by atoms with E-state index in [9.17, 15) is 9.90 Å². The minimum atomic E-state index is -0.734. The summed E-state index contributed by atoms with van der Waals surface area (Å²) < 4.78 is 5.56. The predicted molar refractivity (Wildman–Crippen MR) is 97.1 cm³/mol. The molecule has 0 spiro atoms. The highest BCUT2D eigenvalue weighted by Gasteiger charge is 2.36. The van der Waals surface area contributed by atoms with Crippen LogP contribution >= 0.6 is 11.3 Å². The molecule has 0 radical (unpaired) electrons. The maximum Gasteiger partial charge on any atom is 0.258 e. The molecule has 0 aliphatic carbocycles. The molecule has 0 saturated carbocycles. The number of nitrogens with zero attached hydrogens (tertiary/aromatic N) is 2. The molecule has 3 aromatic rings. The Morgan fingerprint density at radius 3 is 2.85 bits per heavy atom.